The Morgan fingerprint density at radius 3 is 2.55 bits per heavy atom. The zero-order chi connectivity index (χ0) is 21.1. The van der Waals surface area contributed by atoms with Crippen molar-refractivity contribution in [3.8, 4) is 0 Å². The van der Waals surface area contributed by atoms with Gasteiger partial charge in [0, 0.05) is 25.2 Å². The molecule has 1 aliphatic heterocycles. The number of anilines is 1. The zero-order valence-corrected chi connectivity index (χ0v) is 16.1. The molecule has 2 aromatic carbocycles. The number of para-hydroxylation sites is 1. The quantitative estimate of drug-likeness (QED) is 0.546. The second kappa shape index (κ2) is 8.44. The normalized spacial score (nSPS) is 15.8. The summed E-state index contributed by atoms with van der Waals surface area (Å²) in [6.07, 6.45) is -2.38. The van der Waals surface area contributed by atoms with E-state index in [1.807, 2.05) is 0 Å². The molecule has 0 atom stereocenters. The molecular weight excluding hydrogens is 407 g/mol. The molecule has 0 bridgehead atoms. The Hall–Kier alpha value is -2.56. The van der Waals surface area contributed by atoms with Crippen LogP contribution in [-0.4, -0.2) is 25.8 Å². The summed E-state index contributed by atoms with van der Waals surface area (Å²) in [7, 11) is -3.71. The number of nitrogens with one attached hydrogen (secondary N) is 1. The Morgan fingerprint density at radius 2 is 1.90 bits per heavy atom. The summed E-state index contributed by atoms with van der Waals surface area (Å²) in [4.78, 5) is 5.34. The molecule has 0 amide bonds. The lowest BCUT2D eigenvalue weighted by Gasteiger charge is -2.26. The van der Waals surface area contributed by atoms with Crippen LogP contribution in [0.2, 0.25) is 0 Å². The first-order chi connectivity index (χ1) is 13.7. The molecule has 0 unspecified atom stereocenters. The third-order valence-electron chi connectivity index (χ3n) is 4.41. The topological polar surface area (TPSA) is 84.7 Å². The van der Waals surface area contributed by atoms with Crippen molar-refractivity contribution in [1.82, 2.24) is 9.79 Å². The first-order valence-corrected chi connectivity index (χ1v) is 10.2. The van der Waals surface area contributed by atoms with Crippen LogP contribution in [-0.2, 0) is 27.6 Å². The zero-order valence-electron chi connectivity index (χ0n) is 15.3. The van der Waals surface area contributed by atoms with Crippen LogP contribution in [0.25, 0.3) is 0 Å². The Bertz CT molecular complexity index is 1010. The molecule has 0 saturated carbocycles. The number of sulfonamides is 1. The molecule has 3 N–H and O–H groups in total. The second-order valence-corrected chi connectivity index (χ2v) is 8.38. The van der Waals surface area contributed by atoms with Gasteiger partial charge in [-0.05, 0) is 35.9 Å². The Labute approximate surface area is 166 Å². The fourth-order valence-corrected chi connectivity index (χ4v) is 4.36. The molecule has 6 nitrogen and oxygen atoms in total. The van der Waals surface area contributed by atoms with Gasteiger partial charge in [0.25, 0.3) is 0 Å². The molecule has 156 valence electrons. The van der Waals surface area contributed by atoms with Crippen LogP contribution in [0.3, 0.4) is 0 Å². The number of benzene rings is 2. The van der Waals surface area contributed by atoms with Crippen LogP contribution >= 0.6 is 0 Å². The lowest BCUT2D eigenvalue weighted by atomic mass is 10.1. The van der Waals surface area contributed by atoms with Crippen molar-refractivity contribution in [3.05, 3.63) is 71.4 Å². The summed E-state index contributed by atoms with van der Waals surface area (Å²) in [5, 5.41) is 0. The van der Waals surface area contributed by atoms with E-state index in [9.17, 15) is 21.6 Å². The highest BCUT2D eigenvalue weighted by atomic mass is 32.2. The lowest BCUT2D eigenvalue weighted by molar-refractivity contribution is -0.137. The first-order valence-electron chi connectivity index (χ1n) is 8.75. The minimum absolute atomic E-state index is 0.0607. The van der Waals surface area contributed by atoms with E-state index in [0.29, 0.717) is 17.7 Å². The van der Waals surface area contributed by atoms with Gasteiger partial charge < -0.3 is 5.73 Å². The van der Waals surface area contributed by atoms with Crippen molar-refractivity contribution in [2.45, 2.75) is 24.1 Å². The van der Waals surface area contributed by atoms with E-state index in [1.165, 1.54) is 28.6 Å². The van der Waals surface area contributed by atoms with E-state index in [0.717, 1.165) is 12.1 Å². The molecule has 3 rings (SSSR count). The van der Waals surface area contributed by atoms with Gasteiger partial charge in [-0.15, -0.1) is 0 Å². The van der Waals surface area contributed by atoms with Crippen LogP contribution in [0.1, 0.15) is 17.5 Å². The molecule has 0 saturated heterocycles. The van der Waals surface area contributed by atoms with E-state index in [4.69, 9.17) is 10.6 Å². The highest BCUT2D eigenvalue weighted by molar-refractivity contribution is 7.89. The van der Waals surface area contributed by atoms with Crippen molar-refractivity contribution in [2.75, 3.05) is 18.8 Å². The average molecular weight is 427 g/mol. The maximum Gasteiger partial charge on any atom is 0.416 e. The van der Waals surface area contributed by atoms with Crippen LogP contribution in [0.15, 0.2) is 65.2 Å². The fraction of sp³-hybridized carbons (Fsp3) is 0.263. The van der Waals surface area contributed by atoms with Crippen molar-refractivity contribution < 1.29 is 26.4 Å². The van der Waals surface area contributed by atoms with Gasteiger partial charge in [0.2, 0.25) is 10.0 Å². The van der Waals surface area contributed by atoms with Crippen molar-refractivity contribution >= 4 is 15.7 Å². The minimum Gasteiger partial charge on any atom is -0.398 e. The van der Waals surface area contributed by atoms with E-state index >= 15 is 0 Å². The average Bonchev–Trinajstić information content (AvgIpc) is 2.68. The Morgan fingerprint density at radius 1 is 1.14 bits per heavy atom. The number of nitrogen functional groups attached to an aromatic ring is 1. The molecule has 1 aliphatic rings. The molecule has 2 aromatic rings. The highest BCUT2D eigenvalue weighted by Gasteiger charge is 2.30. The van der Waals surface area contributed by atoms with Crippen molar-refractivity contribution in [2.24, 2.45) is 0 Å². The van der Waals surface area contributed by atoms with Gasteiger partial charge >= 0.3 is 6.18 Å². The van der Waals surface area contributed by atoms with Gasteiger partial charge in [0.15, 0.2) is 0 Å². The van der Waals surface area contributed by atoms with Crippen LogP contribution in [0.4, 0.5) is 18.9 Å². The van der Waals surface area contributed by atoms with Crippen LogP contribution in [0, 0.1) is 0 Å². The molecule has 29 heavy (non-hydrogen) atoms. The van der Waals surface area contributed by atoms with Gasteiger partial charge in [-0.3, -0.25) is 10.3 Å². The van der Waals surface area contributed by atoms with Crippen LogP contribution in [0.5, 0.6) is 0 Å². The number of hydrogen-bond donors (Lipinski definition) is 2. The van der Waals surface area contributed by atoms with Crippen molar-refractivity contribution in [3.63, 3.8) is 0 Å². The number of halogens is 3. The molecule has 0 spiro atoms. The predicted molar refractivity (Wildman–Crippen MR) is 102 cm³/mol. The van der Waals surface area contributed by atoms with E-state index in [-0.39, 0.29) is 30.3 Å². The lowest BCUT2D eigenvalue weighted by Crippen LogP contribution is -2.37. The van der Waals surface area contributed by atoms with Gasteiger partial charge in [-0.1, -0.05) is 24.3 Å². The number of nitrogens with zero attached hydrogens (tertiary/aromatic N) is 1. The molecule has 0 aliphatic carbocycles. The van der Waals surface area contributed by atoms with Gasteiger partial charge in [-0.2, -0.15) is 17.5 Å². The third-order valence-corrected chi connectivity index (χ3v) is 6.34. The highest BCUT2D eigenvalue weighted by Crippen LogP contribution is 2.29. The first kappa shape index (κ1) is 21.2. The van der Waals surface area contributed by atoms with Gasteiger partial charge in [0.05, 0.1) is 17.9 Å². The van der Waals surface area contributed by atoms with Gasteiger partial charge in [-0.25, -0.2) is 8.42 Å². The predicted octanol–water partition coefficient (Wildman–Crippen LogP) is 3.29. The summed E-state index contributed by atoms with van der Waals surface area (Å²) >= 11 is 0. The maximum absolute atomic E-state index is 12.7. The fourth-order valence-electron chi connectivity index (χ4n) is 2.87. The Kier molecular flexibility index (Phi) is 6.15. The van der Waals surface area contributed by atoms with Gasteiger partial charge in [0.1, 0.15) is 4.90 Å². The number of hydrogen-bond acceptors (Lipinski definition) is 5. The largest absolute Gasteiger partial charge is 0.416 e. The summed E-state index contributed by atoms with van der Waals surface area (Å²) in [6, 6.07) is 11.1. The molecule has 10 heteroatoms. The molecular formula is C19H20F3N3O3S. The number of nitrogens with two attached hydrogens (primary N) is 1. The summed E-state index contributed by atoms with van der Waals surface area (Å²) in [5.41, 5.74) is 8.93. The van der Waals surface area contributed by atoms with Crippen molar-refractivity contribution in [1.29, 1.82) is 0 Å². The van der Waals surface area contributed by atoms with E-state index < -0.39 is 21.8 Å². The maximum atomic E-state index is 12.7. The van der Waals surface area contributed by atoms with E-state index in [2.05, 4.69) is 5.48 Å². The number of rotatable bonds is 6. The third kappa shape index (κ3) is 5.08. The molecule has 1 heterocycles. The monoisotopic (exact) mass is 427 g/mol. The standard InChI is InChI=1S/C19H20F3N3O3S/c20-19(21,22)15-5-3-4-14(12-15)13-28-24-16-8-10-25(11-9-16)29(26,27)18-7-2-1-6-17(18)23/h1-8,12,24H,9-11,13,23H2. The summed E-state index contributed by atoms with van der Waals surface area (Å²) in [5.74, 6) is 0. The Balaban J connectivity index is 1.56. The summed E-state index contributed by atoms with van der Waals surface area (Å²) in [6.45, 7) is 0.290. The SMILES string of the molecule is Nc1ccccc1S(=O)(=O)N1CC=C(NOCc2cccc(C(F)(F)F)c2)CC1. The minimum atomic E-state index is -4.41. The second-order valence-electron chi connectivity index (χ2n) is 6.47. The van der Waals surface area contributed by atoms with Crippen LogP contribution < -0.4 is 11.2 Å². The molecule has 0 fully saturated rings. The molecule has 0 radical (unpaired) electrons. The number of hydroxylamine groups is 1. The smallest absolute Gasteiger partial charge is 0.398 e. The van der Waals surface area contributed by atoms with E-state index in [1.54, 1.807) is 18.2 Å². The number of alkyl halides is 3. The summed E-state index contributed by atoms with van der Waals surface area (Å²) < 4.78 is 64.9. The molecule has 0 aromatic heterocycles.